The highest BCUT2D eigenvalue weighted by molar-refractivity contribution is 5.96. The van der Waals surface area contributed by atoms with E-state index in [0.717, 1.165) is 25.7 Å². The van der Waals surface area contributed by atoms with Crippen LogP contribution in [-0.2, 0) is 20.9 Å². The Morgan fingerprint density at radius 3 is 2.62 bits per heavy atom. The van der Waals surface area contributed by atoms with Crippen LogP contribution < -0.4 is 14.8 Å². The lowest BCUT2D eigenvalue weighted by atomic mass is 9.76. The predicted molar refractivity (Wildman–Crippen MR) is 132 cm³/mol. The molecule has 0 radical (unpaired) electrons. The van der Waals surface area contributed by atoms with E-state index in [1.54, 1.807) is 23.1 Å². The maximum atomic E-state index is 13.8. The van der Waals surface area contributed by atoms with E-state index in [4.69, 9.17) is 14.2 Å². The van der Waals surface area contributed by atoms with Crippen LogP contribution in [0.1, 0.15) is 49.1 Å². The molecule has 5 atom stereocenters. The number of carbonyl (C=O) groups excluding carboxylic acids is 2. The second-order valence-electron chi connectivity index (χ2n) is 10.3. The van der Waals surface area contributed by atoms with Crippen molar-refractivity contribution in [2.24, 2.45) is 5.92 Å². The first-order valence-corrected chi connectivity index (χ1v) is 13.2. The van der Waals surface area contributed by atoms with Gasteiger partial charge in [0.2, 0.25) is 11.8 Å². The molecular formula is C27H36N2O8. The number of hydrogen-bond donors (Lipinski definition) is 4. The Balaban J connectivity index is 1.59. The second kappa shape index (κ2) is 11.0. The molecule has 2 aliphatic heterocycles. The van der Waals surface area contributed by atoms with Gasteiger partial charge in [-0.3, -0.25) is 9.59 Å². The average Bonchev–Trinajstić information content (AvgIpc) is 3.69. The van der Waals surface area contributed by atoms with Gasteiger partial charge in [-0.15, -0.1) is 0 Å². The van der Waals surface area contributed by atoms with Crippen molar-refractivity contribution < 1.29 is 39.1 Å². The van der Waals surface area contributed by atoms with Gasteiger partial charge in [0.05, 0.1) is 44.8 Å². The van der Waals surface area contributed by atoms with Gasteiger partial charge in [0, 0.05) is 30.3 Å². The number of nitrogens with one attached hydrogen (secondary N) is 1. The van der Waals surface area contributed by atoms with Crippen LogP contribution >= 0.6 is 0 Å². The van der Waals surface area contributed by atoms with Crippen LogP contribution in [0.3, 0.4) is 0 Å². The van der Waals surface area contributed by atoms with Gasteiger partial charge in [0.25, 0.3) is 0 Å². The fourth-order valence-corrected chi connectivity index (χ4v) is 6.28. The summed E-state index contributed by atoms with van der Waals surface area (Å²) in [6.45, 7) is 0.508. The molecule has 10 nitrogen and oxygen atoms in total. The fraction of sp³-hybridized carbons (Fsp3) is 0.630. The summed E-state index contributed by atoms with van der Waals surface area (Å²) < 4.78 is 17.3. The van der Waals surface area contributed by atoms with Gasteiger partial charge in [-0.25, -0.2) is 0 Å². The highest BCUT2D eigenvalue weighted by Gasteiger charge is 2.53. The van der Waals surface area contributed by atoms with Gasteiger partial charge in [-0.2, -0.15) is 0 Å². The molecule has 4 aliphatic rings. The molecule has 1 saturated carbocycles. The Hall–Kier alpha value is -2.66. The van der Waals surface area contributed by atoms with Crippen LogP contribution in [0.15, 0.2) is 23.8 Å². The molecular weight excluding hydrogens is 480 g/mol. The Morgan fingerprint density at radius 1 is 1.19 bits per heavy atom. The number of aliphatic hydroxyl groups excluding tert-OH is 3. The van der Waals surface area contributed by atoms with Gasteiger partial charge >= 0.3 is 0 Å². The zero-order valence-corrected chi connectivity index (χ0v) is 21.1. The average molecular weight is 517 g/mol. The maximum Gasteiger partial charge on any atom is 0.247 e. The summed E-state index contributed by atoms with van der Waals surface area (Å²) in [5.41, 5.74) is 1.60. The first-order valence-electron chi connectivity index (χ1n) is 13.2. The number of hydrogen-bond acceptors (Lipinski definition) is 8. The van der Waals surface area contributed by atoms with Crippen molar-refractivity contribution in [3.8, 4) is 11.5 Å². The summed E-state index contributed by atoms with van der Waals surface area (Å²) in [5, 5.41) is 33.6. The molecule has 1 aromatic rings. The molecule has 4 N–H and O–H groups in total. The quantitative estimate of drug-likeness (QED) is 0.395. The summed E-state index contributed by atoms with van der Waals surface area (Å²) in [6.07, 6.45) is 4.09. The third-order valence-electron chi connectivity index (χ3n) is 8.07. The monoisotopic (exact) mass is 516 g/mol. The number of nitrogens with zero attached hydrogens (tertiary/aromatic N) is 1. The standard InChI is InChI=1S/C27H36N2O8/c1-35-21-11-15(13-31)10-18-22-19(26(33)28-7-8-30)12-20(23(32)25(22)37-24(18)21)29(17-4-2-3-5-17)27(34)16-6-9-36-14-16/h10-12,16-17,20,22-23,25,30-32H,2-9,13-14H2,1H3,(H,28,33)/t16?,20-,22+,23+,25+/m1/s1. The van der Waals surface area contributed by atoms with Crippen molar-refractivity contribution in [1.82, 2.24) is 10.2 Å². The minimum atomic E-state index is -1.10. The van der Waals surface area contributed by atoms with Crippen molar-refractivity contribution in [2.45, 2.75) is 68.9 Å². The van der Waals surface area contributed by atoms with E-state index in [-0.39, 0.29) is 37.6 Å². The van der Waals surface area contributed by atoms with E-state index >= 15 is 0 Å². The molecule has 2 heterocycles. The largest absolute Gasteiger partial charge is 0.493 e. The van der Waals surface area contributed by atoms with Crippen LogP contribution in [0.5, 0.6) is 11.5 Å². The number of amides is 2. The molecule has 0 aromatic heterocycles. The van der Waals surface area contributed by atoms with Crippen LogP contribution in [-0.4, -0.2) is 89.8 Å². The number of ether oxygens (including phenoxy) is 3. The number of carbonyl (C=O) groups is 2. The maximum absolute atomic E-state index is 13.8. The third kappa shape index (κ3) is 4.71. The van der Waals surface area contributed by atoms with Gasteiger partial charge < -0.3 is 39.7 Å². The van der Waals surface area contributed by atoms with Crippen molar-refractivity contribution in [1.29, 1.82) is 0 Å². The topological polar surface area (TPSA) is 138 Å². The van der Waals surface area contributed by atoms with Crippen molar-refractivity contribution in [3.05, 3.63) is 34.9 Å². The Morgan fingerprint density at radius 2 is 1.97 bits per heavy atom. The molecule has 2 fully saturated rings. The number of benzene rings is 1. The summed E-state index contributed by atoms with van der Waals surface area (Å²) in [4.78, 5) is 29.0. The summed E-state index contributed by atoms with van der Waals surface area (Å²) in [6, 6.07) is 2.63. The first-order chi connectivity index (χ1) is 18.0. The van der Waals surface area contributed by atoms with E-state index in [1.807, 2.05) is 0 Å². The minimum absolute atomic E-state index is 0.0402. The first kappa shape index (κ1) is 26.0. The normalized spacial score (nSPS) is 28.8. The van der Waals surface area contributed by atoms with Gasteiger partial charge in [0.1, 0.15) is 12.2 Å². The molecule has 1 saturated heterocycles. The summed E-state index contributed by atoms with van der Waals surface area (Å²) in [7, 11) is 1.50. The number of aliphatic hydroxyl groups is 3. The molecule has 37 heavy (non-hydrogen) atoms. The Bertz CT molecular complexity index is 1050. The van der Waals surface area contributed by atoms with E-state index in [0.29, 0.717) is 47.8 Å². The SMILES string of the molecule is COc1cc(CO)cc2c1O[C@@H]1[C@@H](O)[C@H](N(C(=O)C3CCOC3)C3CCCC3)C=C(C(=O)NCCO)[C@H]21. The number of fused-ring (bicyclic) bond motifs is 3. The zero-order chi connectivity index (χ0) is 26.1. The number of methoxy groups -OCH3 is 1. The lowest BCUT2D eigenvalue weighted by Gasteiger charge is -2.44. The van der Waals surface area contributed by atoms with Gasteiger partial charge in [-0.1, -0.05) is 12.8 Å². The van der Waals surface area contributed by atoms with Crippen LogP contribution in [0.2, 0.25) is 0 Å². The van der Waals surface area contributed by atoms with E-state index in [1.165, 1.54) is 7.11 Å². The third-order valence-corrected chi connectivity index (χ3v) is 8.07. The molecule has 202 valence electrons. The van der Waals surface area contributed by atoms with Gasteiger partial charge in [-0.05, 0) is 43.0 Å². The van der Waals surface area contributed by atoms with E-state index in [9.17, 15) is 24.9 Å². The smallest absolute Gasteiger partial charge is 0.247 e. The second-order valence-corrected chi connectivity index (χ2v) is 10.3. The van der Waals surface area contributed by atoms with E-state index in [2.05, 4.69) is 5.32 Å². The van der Waals surface area contributed by atoms with Gasteiger partial charge in [0.15, 0.2) is 11.5 Å². The molecule has 1 aromatic carbocycles. The molecule has 5 rings (SSSR count). The molecule has 10 heteroatoms. The Kier molecular flexibility index (Phi) is 7.71. The highest BCUT2D eigenvalue weighted by Crippen LogP contribution is 2.52. The van der Waals surface area contributed by atoms with Crippen molar-refractivity contribution in [2.75, 3.05) is 33.5 Å². The minimum Gasteiger partial charge on any atom is -0.493 e. The lowest BCUT2D eigenvalue weighted by Crippen LogP contribution is -2.59. The zero-order valence-electron chi connectivity index (χ0n) is 21.1. The van der Waals surface area contributed by atoms with Crippen LogP contribution in [0.25, 0.3) is 0 Å². The molecule has 1 unspecified atom stereocenters. The van der Waals surface area contributed by atoms with Crippen molar-refractivity contribution >= 4 is 11.8 Å². The molecule has 2 amide bonds. The van der Waals surface area contributed by atoms with E-state index < -0.39 is 30.1 Å². The van der Waals surface area contributed by atoms with Crippen LogP contribution in [0, 0.1) is 5.92 Å². The van der Waals surface area contributed by atoms with Crippen LogP contribution in [0.4, 0.5) is 0 Å². The lowest BCUT2D eigenvalue weighted by molar-refractivity contribution is -0.144. The molecule has 0 bridgehead atoms. The molecule has 2 aliphatic carbocycles. The predicted octanol–water partition coefficient (Wildman–Crippen LogP) is 0.618. The Labute approximate surface area is 216 Å². The highest BCUT2D eigenvalue weighted by atomic mass is 16.5. The molecule has 0 spiro atoms. The van der Waals surface area contributed by atoms with Crippen molar-refractivity contribution in [3.63, 3.8) is 0 Å². The summed E-state index contributed by atoms with van der Waals surface area (Å²) >= 11 is 0. The number of rotatable bonds is 8. The summed E-state index contributed by atoms with van der Waals surface area (Å²) in [5.74, 6) is -0.544. The fourth-order valence-electron chi connectivity index (χ4n) is 6.28.